The summed E-state index contributed by atoms with van der Waals surface area (Å²) in [6.07, 6.45) is 7.81. The third-order valence-corrected chi connectivity index (χ3v) is 6.78. The minimum Gasteiger partial charge on any atom is -0.497 e. The van der Waals surface area contributed by atoms with E-state index in [1.165, 1.54) is 16.9 Å². The number of ether oxygens (including phenoxy) is 1. The third kappa shape index (κ3) is 3.04. The lowest BCUT2D eigenvalue weighted by Gasteiger charge is -2.20. The van der Waals surface area contributed by atoms with Gasteiger partial charge in [-0.05, 0) is 78.8 Å². The first-order valence-corrected chi connectivity index (χ1v) is 10.8. The Labute approximate surface area is 178 Å². The number of thiophene rings is 1. The van der Waals surface area contributed by atoms with Gasteiger partial charge in [-0.2, -0.15) is 0 Å². The molecule has 2 N–H and O–H groups in total. The molecule has 3 aromatic heterocycles. The molecule has 0 bridgehead atoms. The van der Waals surface area contributed by atoms with E-state index in [1.807, 2.05) is 12.1 Å². The second kappa shape index (κ2) is 7.54. The van der Waals surface area contributed by atoms with Crippen LogP contribution in [0.15, 0.2) is 48.8 Å². The van der Waals surface area contributed by atoms with Gasteiger partial charge in [0.15, 0.2) is 0 Å². The van der Waals surface area contributed by atoms with Crippen molar-refractivity contribution in [3.63, 3.8) is 0 Å². The largest absolute Gasteiger partial charge is 0.497 e. The van der Waals surface area contributed by atoms with E-state index < -0.39 is 0 Å². The molecule has 3 heterocycles. The molecule has 0 amide bonds. The highest BCUT2D eigenvalue weighted by atomic mass is 32.1. The molecule has 0 saturated carbocycles. The number of methoxy groups -OCH3 is 1. The number of hydrogen-bond donors (Lipinski definition) is 1. The highest BCUT2D eigenvalue weighted by Crippen LogP contribution is 2.44. The second-order valence-electron chi connectivity index (χ2n) is 7.44. The summed E-state index contributed by atoms with van der Waals surface area (Å²) >= 11 is 1.39. The number of carbonyl (C=O) groups excluding carboxylic acids is 1. The summed E-state index contributed by atoms with van der Waals surface area (Å²) < 4.78 is 5.20. The molecule has 4 aromatic rings. The number of pyridine rings is 2. The number of aromatic nitrogens is 2. The SMILES string of the molecule is COc1ccc(C(=O)c2sc3nc4c(c(-c5ccncc5)c3c2N)CCCC4)cc1. The lowest BCUT2D eigenvalue weighted by Crippen LogP contribution is -2.08. The average Bonchev–Trinajstić information content (AvgIpc) is 3.13. The van der Waals surface area contributed by atoms with E-state index >= 15 is 0 Å². The minimum absolute atomic E-state index is 0.0863. The van der Waals surface area contributed by atoms with E-state index in [0.717, 1.165) is 52.7 Å². The Morgan fingerprint density at radius 2 is 1.80 bits per heavy atom. The summed E-state index contributed by atoms with van der Waals surface area (Å²) in [5.74, 6) is 0.627. The van der Waals surface area contributed by atoms with E-state index in [0.29, 0.717) is 21.9 Å². The fraction of sp³-hybridized carbons (Fsp3) is 0.208. The zero-order valence-electron chi connectivity index (χ0n) is 16.6. The molecule has 150 valence electrons. The number of benzene rings is 1. The van der Waals surface area contributed by atoms with Gasteiger partial charge in [-0.25, -0.2) is 4.98 Å². The highest BCUT2D eigenvalue weighted by Gasteiger charge is 2.26. The molecule has 0 saturated heterocycles. The monoisotopic (exact) mass is 415 g/mol. The van der Waals surface area contributed by atoms with Crippen molar-refractivity contribution < 1.29 is 9.53 Å². The molecule has 1 aliphatic carbocycles. The molecular weight excluding hydrogens is 394 g/mol. The van der Waals surface area contributed by atoms with Crippen LogP contribution in [0.2, 0.25) is 0 Å². The third-order valence-electron chi connectivity index (χ3n) is 5.68. The molecule has 1 aliphatic rings. The van der Waals surface area contributed by atoms with Crippen LogP contribution < -0.4 is 10.5 Å². The quantitative estimate of drug-likeness (QED) is 0.472. The van der Waals surface area contributed by atoms with Gasteiger partial charge in [-0.3, -0.25) is 9.78 Å². The van der Waals surface area contributed by atoms with Crippen LogP contribution in [0.1, 0.15) is 39.3 Å². The van der Waals surface area contributed by atoms with Crippen molar-refractivity contribution in [1.82, 2.24) is 9.97 Å². The van der Waals surface area contributed by atoms with Crippen molar-refractivity contribution >= 4 is 33.0 Å². The molecule has 0 atom stereocenters. The Bertz CT molecular complexity index is 1250. The zero-order valence-corrected chi connectivity index (χ0v) is 17.5. The van der Waals surface area contributed by atoms with Gasteiger partial charge in [-0.1, -0.05) is 0 Å². The van der Waals surface area contributed by atoms with Crippen LogP contribution in [0.25, 0.3) is 21.3 Å². The maximum Gasteiger partial charge on any atom is 0.205 e. The lowest BCUT2D eigenvalue weighted by atomic mass is 9.87. The molecule has 30 heavy (non-hydrogen) atoms. The zero-order chi connectivity index (χ0) is 20.7. The van der Waals surface area contributed by atoms with Crippen LogP contribution in [0, 0.1) is 0 Å². The van der Waals surface area contributed by atoms with Gasteiger partial charge in [0.1, 0.15) is 15.5 Å². The molecule has 0 unspecified atom stereocenters. The lowest BCUT2D eigenvalue weighted by molar-refractivity contribution is 0.104. The molecule has 0 spiro atoms. The summed E-state index contributed by atoms with van der Waals surface area (Å²) in [5.41, 5.74) is 12.3. The number of fused-ring (bicyclic) bond motifs is 2. The number of anilines is 1. The second-order valence-corrected chi connectivity index (χ2v) is 8.44. The Kier molecular flexibility index (Phi) is 4.71. The molecule has 0 radical (unpaired) electrons. The van der Waals surface area contributed by atoms with Crippen molar-refractivity contribution in [3.8, 4) is 16.9 Å². The van der Waals surface area contributed by atoms with Crippen molar-refractivity contribution in [2.75, 3.05) is 12.8 Å². The fourth-order valence-corrected chi connectivity index (χ4v) is 5.27. The molecule has 5 rings (SSSR count). The highest BCUT2D eigenvalue weighted by molar-refractivity contribution is 7.21. The maximum absolute atomic E-state index is 13.3. The van der Waals surface area contributed by atoms with Crippen LogP contribution in [-0.2, 0) is 12.8 Å². The summed E-state index contributed by atoms with van der Waals surface area (Å²) in [5, 5.41) is 0.892. The first-order chi connectivity index (χ1) is 14.7. The van der Waals surface area contributed by atoms with Gasteiger partial charge in [-0.15, -0.1) is 11.3 Å². The van der Waals surface area contributed by atoms with Crippen LogP contribution >= 0.6 is 11.3 Å². The topological polar surface area (TPSA) is 78.1 Å². The van der Waals surface area contributed by atoms with Crippen LogP contribution in [0.4, 0.5) is 5.69 Å². The molecular formula is C24H21N3O2S. The van der Waals surface area contributed by atoms with Gasteiger partial charge in [0.25, 0.3) is 0 Å². The number of aryl methyl sites for hydroxylation is 1. The van der Waals surface area contributed by atoms with Crippen LogP contribution in [-0.4, -0.2) is 22.9 Å². The summed E-state index contributed by atoms with van der Waals surface area (Å²) in [7, 11) is 1.61. The van der Waals surface area contributed by atoms with Gasteiger partial charge in [0, 0.05) is 29.0 Å². The Morgan fingerprint density at radius 3 is 2.53 bits per heavy atom. The number of nitrogen functional groups attached to an aromatic ring is 1. The van der Waals surface area contributed by atoms with Gasteiger partial charge in [0.2, 0.25) is 5.78 Å². The molecule has 0 aliphatic heterocycles. The van der Waals surface area contributed by atoms with Crippen LogP contribution in [0.3, 0.4) is 0 Å². The number of hydrogen-bond acceptors (Lipinski definition) is 6. The molecule has 1 aromatic carbocycles. The first kappa shape index (κ1) is 18.8. The molecule has 0 fully saturated rings. The van der Waals surface area contributed by atoms with Gasteiger partial charge >= 0.3 is 0 Å². The number of nitrogens with two attached hydrogens (primary N) is 1. The minimum atomic E-state index is -0.0863. The normalized spacial score (nSPS) is 13.2. The predicted octanol–water partition coefficient (Wildman–Crippen LogP) is 5.06. The first-order valence-electron chi connectivity index (χ1n) is 10.00. The van der Waals surface area contributed by atoms with Crippen molar-refractivity contribution in [2.45, 2.75) is 25.7 Å². The summed E-state index contributed by atoms with van der Waals surface area (Å²) in [4.78, 5) is 23.7. The van der Waals surface area contributed by atoms with Gasteiger partial charge < -0.3 is 10.5 Å². The van der Waals surface area contributed by atoms with E-state index in [9.17, 15) is 4.79 Å². The summed E-state index contributed by atoms with van der Waals surface area (Å²) in [6, 6.07) is 11.1. The van der Waals surface area contributed by atoms with E-state index in [4.69, 9.17) is 15.5 Å². The summed E-state index contributed by atoms with van der Waals surface area (Å²) in [6.45, 7) is 0. The van der Waals surface area contributed by atoms with E-state index in [-0.39, 0.29) is 5.78 Å². The average molecular weight is 416 g/mol. The van der Waals surface area contributed by atoms with Crippen molar-refractivity contribution in [3.05, 3.63) is 70.5 Å². The van der Waals surface area contributed by atoms with E-state index in [2.05, 4.69) is 4.98 Å². The van der Waals surface area contributed by atoms with Crippen LogP contribution in [0.5, 0.6) is 5.75 Å². The number of carbonyl (C=O) groups is 1. The standard InChI is InChI=1S/C24H21N3O2S/c1-29-16-8-6-15(7-9-16)22(28)23-21(25)20-19(14-10-12-26-13-11-14)17-4-2-3-5-18(17)27-24(20)30-23/h6-13H,2-5,25H2,1H3. The van der Waals surface area contributed by atoms with Crippen molar-refractivity contribution in [1.29, 1.82) is 0 Å². The number of nitrogens with zero attached hydrogens (tertiary/aromatic N) is 2. The molecule has 6 heteroatoms. The fourth-order valence-electron chi connectivity index (χ4n) is 4.19. The Morgan fingerprint density at radius 1 is 1.07 bits per heavy atom. The van der Waals surface area contributed by atoms with Crippen molar-refractivity contribution in [2.24, 2.45) is 0 Å². The number of rotatable bonds is 4. The van der Waals surface area contributed by atoms with E-state index in [1.54, 1.807) is 43.8 Å². The molecule has 5 nitrogen and oxygen atoms in total. The van der Waals surface area contributed by atoms with Gasteiger partial charge in [0.05, 0.1) is 12.8 Å². The smallest absolute Gasteiger partial charge is 0.205 e. The Balaban J connectivity index is 1.72. The maximum atomic E-state index is 13.3. The predicted molar refractivity (Wildman–Crippen MR) is 120 cm³/mol. The Hall–Kier alpha value is -3.25. The number of ketones is 1.